The fourth-order valence-electron chi connectivity index (χ4n) is 4.33. The Hall–Kier alpha value is -2.64. The first-order valence-corrected chi connectivity index (χ1v) is 10.5. The maximum atomic E-state index is 12.5. The molecule has 8 heteroatoms. The Balaban J connectivity index is 1.49. The van der Waals surface area contributed by atoms with Gasteiger partial charge in [-0.1, -0.05) is 19.1 Å². The van der Waals surface area contributed by atoms with Crippen LogP contribution in [0.5, 0.6) is 0 Å². The van der Waals surface area contributed by atoms with Crippen LogP contribution in [0.1, 0.15) is 45.4 Å². The van der Waals surface area contributed by atoms with Crippen molar-refractivity contribution in [3.63, 3.8) is 0 Å². The third-order valence-electron chi connectivity index (χ3n) is 6.00. The van der Waals surface area contributed by atoms with Gasteiger partial charge in [0.25, 0.3) is 11.6 Å². The van der Waals surface area contributed by atoms with E-state index in [4.69, 9.17) is 4.74 Å². The number of hydrogen-bond acceptors (Lipinski definition) is 6. The Morgan fingerprint density at radius 1 is 1.14 bits per heavy atom. The van der Waals surface area contributed by atoms with Crippen LogP contribution in [0, 0.1) is 16.0 Å². The molecule has 2 fully saturated rings. The van der Waals surface area contributed by atoms with Gasteiger partial charge in [0.2, 0.25) is 0 Å². The summed E-state index contributed by atoms with van der Waals surface area (Å²) in [5.74, 6) is -0.724. The van der Waals surface area contributed by atoms with Gasteiger partial charge in [-0.3, -0.25) is 19.7 Å². The summed E-state index contributed by atoms with van der Waals surface area (Å²) in [5, 5.41) is 11.2. The number of amides is 1. The van der Waals surface area contributed by atoms with Crippen LogP contribution in [0.15, 0.2) is 24.3 Å². The van der Waals surface area contributed by atoms with Gasteiger partial charge in [-0.25, -0.2) is 0 Å². The Kier molecular flexibility index (Phi) is 7.06. The first-order chi connectivity index (χ1) is 14.0. The molecule has 1 aromatic carbocycles. The highest BCUT2D eigenvalue weighted by molar-refractivity contribution is 5.81. The minimum Gasteiger partial charge on any atom is -0.455 e. The highest BCUT2D eigenvalue weighted by atomic mass is 16.6. The zero-order chi connectivity index (χ0) is 20.8. The first kappa shape index (κ1) is 21.1. The molecule has 3 rings (SSSR count). The van der Waals surface area contributed by atoms with Gasteiger partial charge in [0, 0.05) is 31.7 Å². The minimum absolute atomic E-state index is 0.0751. The van der Waals surface area contributed by atoms with E-state index in [1.54, 1.807) is 18.2 Å². The molecule has 2 aliphatic rings. The van der Waals surface area contributed by atoms with E-state index >= 15 is 0 Å². The summed E-state index contributed by atoms with van der Waals surface area (Å²) in [6.45, 7) is 3.71. The third-order valence-corrected chi connectivity index (χ3v) is 6.00. The largest absolute Gasteiger partial charge is 0.455 e. The van der Waals surface area contributed by atoms with Crippen LogP contribution < -0.4 is 4.90 Å². The van der Waals surface area contributed by atoms with E-state index in [0.717, 1.165) is 32.2 Å². The Labute approximate surface area is 171 Å². The molecule has 1 atom stereocenters. The van der Waals surface area contributed by atoms with Crippen molar-refractivity contribution in [2.45, 2.75) is 51.5 Å². The van der Waals surface area contributed by atoms with Gasteiger partial charge in [-0.15, -0.1) is 0 Å². The Bertz CT molecular complexity index is 746. The maximum absolute atomic E-state index is 12.5. The monoisotopic (exact) mass is 403 g/mol. The van der Waals surface area contributed by atoms with Gasteiger partial charge in [0.15, 0.2) is 6.61 Å². The summed E-state index contributed by atoms with van der Waals surface area (Å²) in [4.78, 5) is 39.5. The molecule has 29 heavy (non-hydrogen) atoms. The highest BCUT2D eigenvalue weighted by Crippen LogP contribution is 2.31. The van der Waals surface area contributed by atoms with Crippen molar-refractivity contribution < 1.29 is 19.2 Å². The van der Waals surface area contributed by atoms with E-state index in [1.807, 2.05) is 9.80 Å². The van der Waals surface area contributed by atoms with Crippen molar-refractivity contribution in [3.8, 4) is 0 Å². The Morgan fingerprint density at radius 3 is 2.55 bits per heavy atom. The van der Waals surface area contributed by atoms with E-state index in [9.17, 15) is 19.7 Å². The average molecular weight is 403 g/mol. The number of hydrogen-bond donors (Lipinski definition) is 0. The van der Waals surface area contributed by atoms with Gasteiger partial charge in [-0.2, -0.15) is 0 Å². The molecule has 0 N–H and O–H groups in total. The van der Waals surface area contributed by atoms with Crippen LogP contribution in [-0.2, 0) is 14.3 Å². The fraction of sp³-hybridized carbons (Fsp3) is 0.619. The molecule has 1 aromatic rings. The molecular weight excluding hydrogens is 374 g/mol. The van der Waals surface area contributed by atoms with E-state index < -0.39 is 0 Å². The van der Waals surface area contributed by atoms with Crippen LogP contribution in [0.4, 0.5) is 11.4 Å². The summed E-state index contributed by atoms with van der Waals surface area (Å²) >= 11 is 0. The lowest BCUT2D eigenvalue weighted by atomic mass is 9.96. The van der Waals surface area contributed by atoms with Gasteiger partial charge in [0.05, 0.1) is 10.8 Å². The number of anilines is 1. The quantitative estimate of drug-likeness (QED) is 0.412. The number of rotatable bonds is 6. The molecule has 0 aliphatic carbocycles. The number of nitrogens with zero attached hydrogens (tertiary/aromatic N) is 3. The first-order valence-electron chi connectivity index (χ1n) is 10.5. The number of benzene rings is 1. The molecule has 0 radical (unpaired) electrons. The van der Waals surface area contributed by atoms with Crippen molar-refractivity contribution in [1.82, 2.24) is 4.90 Å². The summed E-state index contributed by atoms with van der Waals surface area (Å²) in [5.41, 5.74) is 0.654. The summed E-state index contributed by atoms with van der Waals surface area (Å²) in [6.07, 6.45) is 5.19. The zero-order valence-corrected chi connectivity index (χ0v) is 16.9. The second-order valence-corrected chi connectivity index (χ2v) is 7.76. The van der Waals surface area contributed by atoms with Crippen LogP contribution in [0.25, 0.3) is 0 Å². The van der Waals surface area contributed by atoms with E-state index in [-0.39, 0.29) is 41.1 Å². The van der Waals surface area contributed by atoms with Crippen molar-refractivity contribution in [1.29, 1.82) is 0 Å². The predicted molar refractivity (Wildman–Crippen MR) is 109 cm³/mol. The number of nitro benzene ring substituents is 1. The topological polar surface area (TPSA) is 93.0 Å². The molecule has 0 bridgehead atoms. The predicted octanol–water partition coefficient (Wildman–Crippen LogP) is 3.15. The van der Waals surface area contributed by atoms with Gasteiger partial charge >= 0.3 is 5.97 Å². The number of para-hydroxylation sites is 2. The lowest BCUT2D eigenvalue weighted by Gasteiger charge is -2.35. The lowest BCUT2D eigenvalue weighted by Crippen LogP contribution is -2.45. The summed E-state index contributed by atoms with van der Waals surface area (Å²) in [7, 11) is 0. The number of likely N-dealkylation sites (tertiary alicyclic amines) is 1. The smallest absolute Gasteiger partial charge is 0.309 e. The van der Waals surface area contributed by atoms with Crippen LogP contribution in [0.3, 0.4) is 0 Å². The molecule has 0 unspecified atom stereocenters. The molecule has 8 nitrogen and oxygen atoms in total. The van der Waals surface area contributed by atoms with Crippen LogP contribution in [0.2, 0.25) is 0 Å². The minimum atomic E-state index is -0.383. The van der Waals surface area contributed by atoms with E-state index in [0.29, 0.717) is 31.6 Å². The molecule has 2 saturated heterocycles. The number of esters is 1. The number of carbonyl (C=O) groups is 2. The second kappa shape index (κ2) is 9.71. The van der Waals surface area contributed by atoms with Gasteiger partial charge in [0.1, 0.15) is 5.69 Å². The molecule has 1 amide bonds. The number of carbonyl (C=O) groups excluding carboxylic acids is 2. The number of piperidine rings is 2. The molecule has 2 heterocycles. The molecule has 2 aliphatic heterocycles. The van der Waals surface area contributed by atoms with Crippen molar-refractivity contribution in [3.05, 3.63) is 34.4 Å². The van der Waals surface area contributed by atoms with Crippen molar-refractivity contribution >= 4 is 23.3 Å². The second-order valence-electron chi connectivity index (χ2n) is 7.76. The molecular formula is C21H29N3O5. The summed E-state index contributed by atoms with van der Waals surface area (Å²) in [6, 6.07) is 6.90. The average Bonchev–Trinajstić information content (AvgIpc) is 2.77. The zero-order valence-electron chi connectivity index (χ0n) is 16.9. The van der Waals surface area contributed by atoms with Gasteiger partial charge in [-0.05, 0) is 44.6 Å². The third kappa shape index (κ3) is 5.05. The van der Waals surface area contributed by atoms with E-state index in [1.165, 1.54) is 6.07 Å². The molecule has 0 spiro atoms. The standard InChI is InChI=1S/C21H29N3O5/c1-2-17-7-5-6-12-23(17)20(25)15-29-21(26)16-10-13-22(14-11-16)18-8-3-4-9-19(18)24(27)28/h3-4,8-9,16-17H,2,5-7,10-15H2,1H3/t17-/m1/s1. The van der Waals surface area contributed by atoms with Crippen molar-refractivity contribution in [2.75, 3.05) is 31.1 Å². The number of nitro groups is 1. The molecule has 0 aromatic heterocycles. The van der Waals surface area contributed by atoms with Gasteiger partial charge < -0.3 is 14.5 Å². The lowest BCUT2D eigenvalue weighted by molar-refractivity contribution is -0.384. The molecule has 158 valence electrons. The SMILES string of the molecule is CC[C@@H]1CCCCN1C(=O)COC(=O)C1CCN(c2ccccc2[N+](=O)[O-])CC1. The van der Waals surface area contributed by atoms with E-state index in [2.05, 4.69) is 6.92 Å². The maximum Gasteiger partial charge on any atom is 0.309 e. The normalized spacial score (nSPS) is 20.4. The number of ether oxygens (including phenoxy) is 1. The van der Waals surface area contributed by atoms with Crippen molar-refractivity contribution in [2.24, 2.45) is 5.92 Å². The summed E-state index contributed by atoms with van der Waals surface area (Å²) < 4.78 is 5.34. The fourth-order valence-corrected chi connectivity index (χ4v) is 4.33. The highest BCUT2D eigenvalue weighted by Gasteiger charge is 2.31. The van der Waals surface area contributed by atoms with Crippen LogP contribution >= 0.6 is 0 Å². The molecule has 0 saturated carbocycles. The van der Waals surface area contributed by atoms with Crippen LogP contribution in [-0.4, -0.2) is 54.0 Å². The Morgan fingerprint density at radius 2 is 1.86 bits per heavy atom.